The van der Waals surface area contributed by atoms with Gasteiger partial charge < -0.3 is 10.6 Å². The maximum atomic E-state index is 13.2. The van der Waals surface area contributed by atoms with E-state index in [0.717, 1.165) is 6.07 Å². The second-order valence-electron chi connectivity index (χ2n) is 3.82. The molecule has 0 aliphatic rings. The zero-order valence-corrected chi connectivity index (χ0v) is 11.1. The van der Waals surface area contributed by atoms with Gasteiger partial charge in [-0.05, 0) is 24.3 Å². The molecule has 0 radical (unpaired) electrons. The van der Waals surface area contributed by atoms with Crippen LogP contribution in [0.5, 0.6) is 0 Å². The van der Waals surface area contributed by atoms with E-state index in [9.17, 15) is 14.5 Å². The lowest BCUT2D eigenvalue weighted by Gasteiger charge is -2.09. The summed E-state index contributed by atoms with van der Waals surface area (Å²) in [7, 11) is 1.63. The number of aromatic nitrogens is 1. The van der Waals surface area contributed by atoms with Crippen molar-refractivity contribution in [1.29, 1.82) is 0 Å². The Morgan fingerprint density at radius 1 is 1.35 bits per heavy atom. The number of benzene rings is 1. The van der Waals surface area contributed by atoms with E-state index in [4.69, 9.17) is 11.6 Å². The van der Waals surface area contributed by atoms with Crippen LogP contribution in [0.15, 0.2) is 30.3 Å². The molecule has 1 aromatic heterocycles. The molecule has 0 bridgehead atoms. The van der Waals surface area contributed by atoms with Crippen LogP contribution in [0.25, 0.3) is 0 Å². The summed E-state index contributed by atoms with van der Waals surface area (Å²) < 4.78 is 13.2. The third kappa shape index (κ3) is 2.94. The van der Waals surface area contributed by atoms with Gasteiger partial charge in [-0.2, -0.15) is 0 Å². The number of rotatable bonds is 4. The number of pyridine rings is 1. The van der Waals surface area contributed by atoms with E-state index in [1.807, 2.05) is 0 Å². The van der Waals surface area contributed by atoms with Crippen LogP contribution in [0, 0.1) is 15.9 Å². The molecule has 0 amide bonds. The zero-order chi connectivity index (χ0) is 14.7. The summed E-state index contributed by atoms with van der Waals surface area (Å²) in [5.74, 6) is -0.0932. The molecular formula is C12H10ClFN4O2. The average molecular weight is 297 g/mol. The van der Waals surface area contributed by atoms with Gasteiger partial charge in [-0.25, -0.2) is 9.37 Å². The van der Waals surface area contributed by atoms with Gasteiger partial charge in [0.05, 0.1) is 15.6 Å². The molecule has 2 N–H and O–H groups in total. The van der Waals surface area contributed by atoms with Gasteiger partial charge in [0, 0.05) is 13.1 Å². The van der Waals surface area contributed by atoms with Gasteiger partial charge in [0.1, 0.15) is 11.6 Å². The van der Waals surface area contributed by atoms with Gasteiger partial charge in [-0.1, -0.05) is 11.6 Å². The molecule has 20 heavy (non-hydrogen) atoms. The molecule has 0 aliphatic heterocycles. The molecule has 2 aromatic rings. The lowest BCUT2D eigenvalue weighted by atomic mass is 10.3. The van der Waals surface area contributed by atoms with Crippen molar-refractivity contribution >= 4 is 34.6 Å². The van der Waals surface area contributed by atoms with E-state index in [0.29, 0.717) is 5.82 Å². The number of halogens is 2. The summed E-state index contributed by atoms with van der Waals surface area (Å²) in [5.41, 5.74) is -0.0279. The van der Waals surface area contributed by atoms with Crippen molar-refractivity contribution < 1.29 is 9.31 Å². The fourth-order valence-electron chi connectivity index (χ4n) is 1.55. The topological polar surface area (TPSA) is 80.1 Å². The van der Waals surface area contributed by atoms with Crippen molar-refractivity contribution in [1.82, 2.24) is 4.98 Å². The lowest BCUT2D eigenvalue weighted by Crippen LogP contribution is -2.02. The molecule has 0 atom stereocenters. The molecule has 2 rings (SSSR count). The first-order chi connectivity index (χ1) is 9.51. The number of hydrogen-bond donors (Lipinski definition) is 2. The smallest absolute Gasteiger partial charge is 0.311 e. The molecule has 0 fully saturated rings. The Balaban J connectivity index is 2.45. The van der Waals surface area contributed by atoms with Crippen molar-refractivity contribution in [3.8, 4) is 0 Å². The molecule has 0 spiro atoms. The van der Waals surface area contributed by atoms with Crippen LogP contribution in [0.1, 0.15) is 0 Å². The highest BCUT2D eigenvalue weighted by Crippen LogP contribution is 2.31. The first-order valence-electron chi connectivity index (χ1n) is 5.56. The van der Waals surface area contributed by atoms with Crippen LogP contribution in [-0.4, -0.2) is 17.0 Å². The Labute approximate surface area is 118 Å². The second-order valence-corrected chi connectivity index (χ2v) is 4.23. The molecule has 0 saturated carbocycles. The minimum Gasteiger partial charge on any atom is -0.373 e. The highest BCUT2D eigenvalue weighted by molar-refractivity contribution is 6.33. The van der Waals surface area contributed by atoms with Gasteiger partial charge in [0.15, 0.2) is 0 Å². The van der Waals surface area contributed by atoms with E-state index in [-0.39, 0.29) is 22.2 Å². The van der Waals surface area contributed by atoms with E-state index >= 15 is 0 Å². The van der Waals surface area contributed by atoms with Crippen LogP contribution < -0.4 is 10.6 Å². The summed E-state index contributed by atoms with van der Waals surface area (Å²) in [6.45, 7) is 0. The van der Waals surface area contributed by atoms with E-state index in [1.54, 1.807) is 7.05 Å². The number of hydrogen-bond acceptors (Lipinski definition) is 5. The first kappa shape index (κ1) is 14.0. The van der Waals surface area contributed by atoms with Crippen molar-refractivity contribution in [2.45, 2.75) is 0 Å². The molecule has 0 unspecified atom stereocenters. The van der Waals surface area contributed by atoms with Gasteiger partial charge in [-0.3, -0.25) is 10.1 Å². The third-order valence-corrected chi connectivity index (χ3v) is 2.84. The molecule has 1 heterocycles. The van der Waals surface area contributed by atoms with Crippen LogP contribution in [-0.2, 0) is 0 Å². The summed E-state index contributed by atoms with van der Waals surface area (Å²) >= 11 is 5.91. The zero-order valence-electron chi connectivity index (χ0n) is 10.4. The van der Waals surface area contributed by atoms with Crippen molar-refractivity contribution in [2.24, 2.45) is 0 Å². The maximum absolute atomic E-state index is 13.2. The maximum Gasteiger partial charge on any atom is 0.311 e. The third-order valence-electron chi connectivity index (χ3n) is 2.51. The lowest BCUT2D eigenvalue weighted by molar-refractivity contribution is -0.384. The predicted octanol–water partition coefficient (Wildman–Crippen LogP) is 3.57. The quantitative estimate of drug-likeness (QED) is 0.666. The van der Waals surface area contributed by atoms with Gasteiger partial charge >= 0.3 is 5.69 Å². The summed E-state index contributed by atoms with van der Waals surface area (Å²) in [6.07, 6.45) is 0. The summed E-state index contributed by atoms with van der Waals surface area (Å²) in [6, 6.07) is 6.46. The van der Waals surface area contributed by atoms with E-state index in [1.165, 1.54) is 24.3 Å². The monoisotopic (exact) mass is 296 g/mol. The number of nitrogens with zero attached hydrogens (tertiary/aromatic N) is 2. The highest BCUT2D eigenvalue weighted by Gasteiger charge is 2.17. The van der Waals surface area contributed by atoms with Gasteiger partial charge in [0.2, 0.25) is 5.82 Å². The Hall–Kier alpha value is -2.41. The molecule has 8 heteroatoms. The molecule has 1 aromatic carbocycles. The van der Waals surface area contributed by atoms with E-state index < -0.39 is 10.7 Å². The summed E-state index contributed by atoms with van der Waals surface area (Å²) in [4.78, 5) is 14.4. The number of nitrogens with one attached hydrogen (secondary N) is 2. The van der Waals surface area contributed by atoms with Crippen LogP contribution in [0.2, 0.25) is 5.02 Å². The molecule has 0 saturated heterocycles. The highest BCUT2D eigenvalue weighted by atomic mass is 35.5. The average Bonchev–Trinajstić information content (AvgIpc) is 2.42. The normalized spacial score (nSPS) is 10.2. The molecule has 104 valence electrons. The largest absolute Gasteiger partial charge is 0.373 e. The van der Waals surface area contributed by atoms with Crippen LogP contribution in [0.3, 0.4) is 0 Å². The van der Waals surface area contributed by atoms with Gasteiger partial charge in [0.25, 0.3) is 0 Å². The standard InChI is InChI=1S/C12H10ClFN4O2/c1-15-11-5-4-10(18(19)20)12(17-11)16-9-6-7(14)2-3-8(9)13/h2-6H,1H3,(H2,15,16,17). The molecular weight excluding hydrogens is 287 g/mol. The van der Waals surface area contributed by atoms with Gasteiger partial charge in [-0.15, -0.1) is 0 Å². The van der Waals surface area contributed by atoms with Crippen molar-refractivity contribution in [3.05, 3.63) is 51.3 Å². The van der Waals surface area contributed by atoms with E-state index in [2.05, 4.69) is 15.6 Å². The Morgan fingerprint density at radius 3 is 2.75 bits per heavy atom. The predicted molar refractivity (Wildman–Crippen MR) is 75.1 cm³/mol. The fourth-order valence-corrected chi connectivity index (χ4v) is 1.72. The number of anilines is 3. The molecule has 6 nitrogen and oxygen atoms in total. The summed E-state index contributed by atoms with van der Waals surface area (Å²) in [5, 5.41) is 16.6. The minimum absolute atomic E-state index is 0.0191. The Kier molecular flexibility index (Phi) is 3.99. The van der Waals surface area contributed by atoms with Crippen LogP contribution in [0.4, 0.5) is 27.4 Å². The van der Waals surface area contributed by atoms with Crippen molar-refractivity contribution in [3.63, 3.8) is 0 Å². The second kappa shape index (κ2) is 5.70. The van der Waals surface area contributed by atoms with Crippen molar-refractivity contribution in [2.75, 3.05) is 17.7 Å². The fraction of sp³-hybridized carbons (Fsp3) is 0.0833. The first-order valence-corrected chi connectivity index (χ1v) is 5.94. The van der Waals surface area contributed by atoms with Crippen LogP contribution >= 0.6 is 11.6 Å². The Morgan fingerprint density at radius 2 is 2.10 bits per heavy atom. The number of nitro groups is 1. The SMILES string of the molecule is CNc1ccc([N+](=O)[O-])c(Nc2cc(F)ccc2Cl)n1. The Bertz CT molecular complexity index is 666. The minimum atomic E-state index is -0.581. The molecule has 0 aliphatic carbocycles.